The lowest BCUT2D eigenvalue weighted by Crippen LogP contribution is -2.64. The molecule has 6 nitrogen and oxygen atoms in total. The van der Waals surface area contributed by atoms with Crippen LogP contribution in [0.15, 0.2) is 0 Å². The van der Waals surface area contributed by atoms with Crippen LogP contribution in [0.2, 0.25) is 0 Å². The zero-order chi connectivity index (χ0) is 13.3. The van der Waals surface area contributed by atoms with Crippen LogP contribution < -0.4 is 5.32 Å². The number of nitrogens with one attached hydrogen (secondary N) is 1. The molecule has 9 heteroatoms. The number of fused-ring (bicyclic) bond motifs is 1. The van der Waals surface area contributed by atoms with Gasteiger partial charge in [-0.15, -0.1) is 0 Å². The Morgan fingerprint density at radius 2 is 2.22 bits per heavy atom. The Morgan fingerprint density at radius 1 is 1.50 bits per heavy atom. The van der Waals surface area contributed by atoms with E-state index >= 15 is 0 Å². The molecule has 2 atom stereocenters. The highest BCUT2D eigenvalue weighted by Gasteiger charge is 2.47. The van der Waals surface area contributed by atoms with Gasteiger partial charge in [0, 0.05) is 19.6 Å². The fraction of sp³-hybridized carbons (Fsp3) is 0.778. The number of rotatable bonds is 1. The first-order chi connectivity index (χ1) is 8.39. The minimum Gasteiger partial charge on any atom is -0.427 e. The predicted molar refractivity (Wildman–Crippen MR) is 50.3 cm³/mol. The van der Waals surface area contributed by atoms with E-state index in [0.29, 0.717) is 13.1 Å². The van der Waals surface area contributed by atoms with E-state index in [1.54, 1.807) is 0 Å². The maximum Gasteiger partial charge on any atom is 0.491 e. The average Bonchev–Trinajstić information content (AvgIpc) is 2.32. The van der Waals surface area contributed by atoms with Crippen LogP contribution in [0.4, 0.5) is 13.2 Å². The van der Waals surface area contributed by atoms with Crippen LogP contribution in [0.5, 0.6) is 0 Å². The summed E-state index contributed by atoms with van der Waals surface area (Å²) >= 11 is 0. The van der Waals surface area contributed by atoms with Crippen molar-refractivity contribution in [3.05, 3.63) is 0 Å². The predicted octanol–water partition coefficient (Wildman–Crippen LogP) is -0.751. The number of piperazine rings is 1. The Balaban J connectivity index is 2.04. The summed E-state index contributed by atoms with van der Waals surface area (Å²) in [7, 11) is 0. The third kappa shape index (κ3) is 2.56. The average molecular weight is 268 g/mol. The van der Waals surface area contributed by atoms with Gasteiger partial charge in [0.1, 0.15) is 12.6 Å². The van der Waals surface area contributed by atoms with Crippen molar-refractivity contribution >= 4 is 11.9 Å². The third-order valence-corrected chi connectivity index (χ3v) is 2.74. The zero-order valence-corrected chi connectivity index (χ0v) is 9.20. The van der Waals surface area contributed by atoms with E-state index in [9.17, 15) is 22.8 Å². The van der Waals surface area contributed by atoms with Crippen molar-refractivity contribution in [1.29, 1.82) is 0 Å². The summed E-state index contributed by atoms with van der Waals surface area (Å²) < 4.78 is 45.3. The Kier molecular flexibility index (Phi) is 3.44. The Labute approximate surface area is 100 Å². The molecule has 0 aromatic carbocycles. The molecule has 0 aliphatic carbocycles. The zero-order valence-electron chi connectivity index (χ0n) is 9.20. The van der Waals surface area contributed by atoms with Crippen molar-refractivity contribution in [2.45, 2.75) is 18.5 Å². The lowest BCUT2D eigenvalue weighted by atomic mass is 10.1. The van der Waals surface area contributed by atoms with Crippen LogP contribution in [0.3, 0.4) is 0 Å². The van der Waals surface area contributed by atoms with Crippen molar-refractivity contribution in [1.82, 2.24) is 10.2 Å². The van der Waals surface area contributed by atoms with Crippen LogP contribution in [-0.4, -0.2) is 61.5 Å². The van der Waals surface area contributed by atoms with Crippen LogP contribution in [-0.2, 0) is 19.1 Å². The summed E-state index contributed by atoms with van der Waals surface area (Å²) in [5.41, 5.74) is 0. The number of ether oxygens (including phenoxy) is 2. The molecule has 2 aliphatic rings. The molecular formula is C9H11F3N2O4. The van der Waals surface area contributed by atoms with Gasteiger partial charge in [-0.05, 0) is 0 Å². The van der Waals surface area contributed by atoms with Crippen molar-refractivity contribution < 1.29 is 32.2 Å². The van der Waals surface area contributed by atoms with Crippen LogP contribution >= 0.6 is 0 Å². The van der Waals surface area contributed by atoms with Crippen molar-refractivity contribution in [2.24, 2.45) is 0 Å². The molecule has 0 saturated carbocycles. The van der Waals surface area contributed by atoms with Crippen LogP contribution in [0, 0.1) is 0 Å². The molecule has 2 unspecified atom stereocenters. The monoisotopic (exact) mass is 268 g/mol. The Hall–Kier alpha value is -1.35. The van der Waals surface area contributed by atoms with Crippen molar-refractivity contribution in [3.8, 4) is 0 Å². The number of nitrogens with zero attached hydrogens (tertiary/aromatic N) is 1. The molecule has 0 spiro atoms. The van der Waals surface area contributed by atoms with Crippen molar-refractivity contribution in [3.63, 3.8) is 0 Å². The van der Waals surface area contributed by atoms with Gasteiger partial charge in [0.2, 0.25) is 12.2 Å². The number of hydrogen-bond donors (Lipinski definition) is 1. The molecule has 1 amide bonds. The lowest BCUT2D eigenvalue weighted by molar-refractivity contribution is -0.244. The van der Waals surface area contributed by atoms with Gasteiger partial charge in [-0.2, -0.15) is 13.2 Å². The molecule has 2 aliphatic heterocycles. The molecule has 2 saturated heterocycles. The van der Waals surface area contributed by atoms with E-state index in [0.717, 1.165) is 0 Å². The molecule has 102 valence electrons. The maximum atomic E-state index is 12.1. The number of alkyl halides is 3. The minimum atomic E-state index is -5.07. The number of carbonyl (C=O) groups excluding carboxylic acids is 2. The molecule has 0 aromatic heterocycles. The summed E-state index contributed by atoms with van der Waals surface area (Å²) in [5, 5.41) is 2.90. The van der Waals surface area contributed by atoms with Crippen LogP contribution in [0.25, 0.3) is 0 Å². The number of morpholine rings is 1. The minimum absolute atomic E-state index is 0.224. The van der Waals surface area contributed by atoms with Gasteiger partial charge in [-0.3, -0.25) is 4.79 Å². The first-order valence-corrected chi connectivity index (χ1v) is 5.29. The lowest BCUT2D eigenvalue weighted by Gasteiger charge is -2.42. The highest BCUT2D eigenvalue weighted by molar-refractivity contribution is 5.79. The second-order valence-corrected chi connectivity index (χ2v) is 3.94. The van der Waals surface area contributed by atoms with Gasteiger partial charge in [0.05, 0.1) is 0 Å². The molecule has 2 rings (SSSR count). The Morgan fingerprint density at radius 3 is 2.89 bits per heavy atom. The summed E-state index contributed by atoms with van der Waals surface area (Å²) in [6.07, 6.45) is -6.46. The van der Waals surface area contributed by atoms with E-state index in [1.807, 2.05) is 0 Å². The molecule has 0 radical (unpaired) electrons. The standard InChI is InChI=1S/C9H11F3N2O4/c10-9(11,12)8(16)18-7-5-3-13-1-2-14(5)6(15)4-17-7/h5,7,13H,1-4H2. The molecule has 0 aromatic rings. The van der Waals surface area contributed by atoms with Gasteiger partial charge in [-0.1, -0.05) is 0 Å². The first kappa shape index (κ1) is 13.1. The molecule has 0 bridgehead atoms. The first-order valence-electron chi connectivity index (χ1n) is 5.29. The van der Waals surface area contributed by atoms with Gasteiger partial charge in [0.15, 0.2) is 0 Å². The number of amides is 1. The topological polar surface area (TPSA) is 67.9 Å². The fourth-order valence-corrected chi connectivity index (χ4v) is 1.91. The molecule has 1 N–H and O–H groups in total. The van der Waals surface area contributed by atoms with E-state index in [2.05, 4.69) is 10.1 Å². The number of esters is 1. The van der Waals surface area contributed by atoms with E-state index < -0.39 is 24.5 Å². The normalized spacial score (nSPS) is 28.8. The highest BCUT2D eigenvalue weighted by atomic mass is 19.4. The molecule has 2 heterocycles. The third-order valence-electron chi connectivity index (χ3n) is 2.74. The summed E-state index contributed by atoms with van der Waals surface area (Å²) in [5.74, 6) is -2.63. The molecule has 18 heavy (non-hydrogen) atoms. The molecule has 2 fully saturated rings. The largest absolute Gasteiger partial charge is 0.491 e. The number of hydrogen-bond acceptors (Lipinski definition) is 5. The van der Waals surface area contributed by atoms with Gasteiger partial charge in [-0.25, -0.2) is 4.79 Å². The summed E-state index contributed by atoms with van der Waals surface area (Å²) in [6.45, 7) is 0.739. The number of halogens is 3. The second-order valence-electron chi connectivity index (χ2n) is 3.94. The smallest absolute Gasteiger partial charge is 0.427 e. The fourth-order valence-electron chi connectivity index (χ4n) is 1.91. The van der Waals surface area contributed by atoms with E-state index in [1.165, 1.54) is 4.90 Å². The summed E-state index contributed by atoms with van der Waals surface area (Å²) in [6, 6.07) is -0.716. The van der Waals surface area contributed by atoms with Gasteiger partial charge >= 0.3 is 12.1 Å². The van der Waals surface area contributed by atoms with E-state index in [4.69, 9.17) is 4.74 Å². The van der Waals surface area contributed by atoms with Crippen molar-refractivity contribution in [2.75, 3.05) is 26.2 Å². The summed E-state index contributed by atoms with van der Waals surface area (Å²) in [4.78, 5) is 23.6. The SMILES string of the molecule is O=C1COC(OC(=O)C(F)(F)F)C2CNCCN12. The van der Waals surface area contributed by atoms with E-state index in [-0.39, 0.29) is 19.1 Å². The quantitative estimate of drug-likeness (QED) is 0.634. The number of carbonyl (C=O) groups is 2. The highest BCUT2D eigenvalue weighted by Crippen LogP contribution is 2.22. The second kappa shape index (κ2) is 4.73. The molecular weight excluding hydrogens is 257 g/mol. The van der Waals surface area contributed by atoms with Gasteiger partial charge < -0.3 is 19.7 Å². The van der Waals surface area contributed by atoms with Crippen LogP contribution in [0.1, 0.15) is 0 Å². The van der Waals surface area contributed by atoms with Gasteiger partial charge in [0.25, 0.3) is 0 Å². The Bertz CT molecular complexity index is 360. The maximum absolute atomic E-state index is 12.1.